The second-order valence-electron chi connectivity index (χ2n) is 13.3. The number of carbonyl (C=O) groups excluding carboxylic acids is 3. The quantitative estimate of drug-likeness (QED) is 0.183. The lowest BCUT2D eigenvalue weighted by Crippen LogP contribution is -2.57. The topological polar surface area (TPSA) is 149 Å². The van der Waals surface area contributed by atoms with Gasteiger partial charge in [-0.15, -0.1) is 11.3 Å². The second-order valence-corrected chi connectivity index (χ2v) is 16.1. The van der Waals surface area contributed by atoms with Gasteiger partial charge >= 0.3 is 6.03 Å². The first-order chi connectivity index (χ1) is 23.7. The summed E-state index contributed by atoms with van der Waals surface area (Å²) in [5.41, 5.74) is 1.47. The van der Waals surface area contributed by atoms with E-state index in [-0.39, 0.29) is 54.6 Å². The standard InChI is InChI=1S/C36H49N5O7S2/c1-7-31(42)35-37-27(23-49-35)21-39-17-18-41(36(39)45)33(25(4)5)34(44)38-30(19-26-11-9-8-10-12-26)32(43)22-40(20-24(2)3)50(46,47)29-15-13-28(48-6)14-16-29/h8-16,23-25,30,32-33,43H,7,17-22H2,1-6H3,(H,38,44)/t30-,32-,33-/m0/s1. The summed E-state index contributed by atoms with van der Waals surface area (Å²) in [5.74, 6) is -0.285. The van der Waals surface area contributed by atoms with E-state index in [0.717, 1.165) is 5.56 Å². The second kappa shape index (κ2) is 17.4. The molecule has 2 heterocycles. The SMILES string of the molecule is CCC(=O)c1nc(CN2CCN([C@H](C(=O)N[C@@H](Cc3ccccc3)[C@@H](O)CN(CC(C)C)S(=O)(=O)c3ccc(OC)cc3)C(C)C)C2=O)cs1. The Morgan fingerprint density at radius 3 is 2.32 bits per heavy atom. The number of carbonyl (C=O) groups is 3. The number of nitrogens with one attached hydrogen (secondary N) is 1. The van der Waals surface area contributed by atoms with Crippen molar-refractivity contribution in [2.75, 3.05) is 33.3 Å². The number of nitrogens with zero attached hydrogens (tertiary/aromatic N) is 4. The Kier molecular flexibility index (Phi) is 13.5. The molecule has 1 saturated heterocycles. The molecule has 0 aliphatic carbocycles. The summed E-state index contributed by atoms with van der Waals surface area (Å²) in [6.07, 6.45) is -0.698. The third-order valence-corrected chi connectivity index (χ3v) is 11.4. The van der Waals surface area contributed by atoms with Crippen molar-refractivity contribution >= 4 is 39.1 Å². The van der Waals surface area contributed by atoms with Gasteiger partial charge in [-0.1, -0.05) is 65.0 Å². The van der Waals surface area contributed by atoms with E-state index in [1.165, 1.54) is 39.8 Å². The van der Waals surface area contributed by atoms with E-state index in [2.05, 4.69) is 10.3 Å². The Morgan fingerprint density at radius 1 is 1.04 bits per heavy atom. The number of hydrogen-bond donors (Lipinski definition) is 2. The number of sulfonamides is 1. The summed E-state index contributed by atoms with van der Waals surface area (Å²) >= 11 is 1.26. The van der Waals surface area contributed by atoms with Crippen LogP contribution < -0.4 is 10.1 Å². The summed E-state index contributed by atoms with van der Waals surface area (Å²) < 4.78 is 34.1. The molecule has 1 aromatic heterocycles. The minimum Gasteiger partial charge on any atom is -0.497 e. The van der Waals surface area contributed by atoms with Gasteiger partial charge in [-0.05, 0) is 48.1 Å². The van der Waals surface area contributed by atoms with Crippen LogP contribution in [0.3, 0.4) is 0 Å². The van der Waals surface area contributed by atoms with Crippen LogP contribution in [-0.4, -0.2) is 102 Å². The number of aromatic nitrogens is 1. The van der Waals surface area contributed by atoms with Crippen molar-refractivity contribution in [3.63, 3.8) is 0 Å². The predicted octanol–water partition coefficient (Wildman–Crippen LogP) is 4.44. The number of aliphatic hydroxyl groups is 1. The molecule has 0 spiro atoms. The van der Waals surface area contributed by atoms with Gasteiger partial charge in [0.2, 0.25) is 15.9 Å². The summed E-state index contributed by atoms with van der Waals surface area (Å²) in [7, 11) is -2.51. The van der Waals surface area contributed by atoms with Gasteiger partial charge in [0.15, 0.2) is 10.8 Å². The average Bonchev–Trinajstić information content (AvgIpc) is 3.70. The van der Waals surface area contributed by atoms with Crippen LogP contribution in [0.15, 0.2) is 64.9 Å². The van der Waals surface area contributed by atoms with Crippen LogP contribution in [0.5, 0.6) is 5.75 Å². The van der Waals surface area contributed by atoms with E-state index in [4.69, 9.17) is 4.74 Å². The largest absolute Gasteiger partial charge is 0.497 e. The smallest absolute Gasteiger partial charge is 0.321 e. The van der Waals surface area contributed by atoms with E-state index in [9.17, 15) is 27.9 Å². The van der Waals surface area contributed by atoms with E-state index >= 15 is 0 Å². The fourth-order valence-electron chi connectivity index (χ4n) is 5.99. The number of urea groups is 1. The maximum Gasteiger partial charge on any atom is 0.321 e. The molecular formula is C36H49N5O7S2. The molecular weight excluding hydrogens is 679 g/mol. The van der Waals surface area contributed by atoms with Gasteiger partial charge in [0.05, 0.1) is 36.4 Å². The highest BCUT2D eigenvalue weighted by atomic mass is 32.2. The molecule has 50 heavy (non-hydrogen) atoms. The first-order valence-electron chi connectivity index (χ1n) is 16.9. The maximum atomic E-state index is 14.1. The van der Waals surface area contributed by atoms with E-state index in [1.807, 2.05) is 58.0 Å². The minimum atomic E-state index is -4.01. The van der Waals surface area contributed by atoms with Gasteiger partial charge in [0.25, 0.3) is 0 Å². The first-order valence-corrected chi connectivity index (χ1v) is 19.3. The Morgan fingerprint density at radius 2 is 1.72 bits per heavy atom. The summed E-state index contributed by atoms with van der Waals surface area (Å²) in [5, 5.41) is 16.9. The number of ketones is 1. The number of benzene rings is 2. The molecule has 1 aliphatic rings. The van der Waals surface area contributed by atoms with Crippen LogP contribution in [0.25, 0.3) is 0 Å². The molecule has 4 rings (SSSR count). The molecule has 2 N–H and O–H groups in total. The highest BCUT2D eigenvalue weighted by molar-refractivity contribution is 7.89. The number of amides is 3. The van der Waals surface area contributed by atoms with Crippen molar-refractivity contribution in [1.82, 2.24) is 24.4 Å². The van der Waals surface area contributed by atoms with Gasteiger partial charge in [-0.2, -0.15) is 4.31 Å². The van der Waals surface area contributed by atoms with E-state index < -0.39 is 34.1 Å². The lowest BCUT2D eigenvalue weighted by Gasteiger charge is -2.34. The molecule has 3 amide bonds. The van der Waals surface area contributed by atoms with E-state index in [1.54, 1.807) is 29.3 Å². The highest BCUT2D eigenvalue weighted by Crippen LogP contribution is 2.24. The van der Waals surface area contributed by atoms with Crippen LogP contribution in [-0.2, 0) is 27.8 Å². The maximum absolute atomic E-state index is 14.1. The molecule has 0 bridgehead atoms. The fraction of sp³-hybridized carbons (Fsp3) is 0.500. The summed E-state index contributed by atoms with van der Waals surface area (Å²) in [6, 6.07) is 13.4. The number of thiazole rings is 1. The Balaban J connectivity index is 1.55. The minimum absolute atomic E-state index is 0.0464. The normalized spacial score (nSPS) is 15.5. The van der Waals surface area contributed by atoms with Crippen LogP contribution in [0.2, 0.25) is 0 Å². The third kappa shape index (κ3) is 9.68. The van der Waals surface area contributed by atoms with Gasteiger partial charge < -0.3 is 25.0 Å². The number of aliphatic hydroxyl groups excluding tert-OH is 1. The Hall–Kier alpha value is -3.85. The van der Waals surface area contributed by atoms with Crippen LogP contribution >= 0.6 is 11.3 Å². The number of Topliss-reactive ketones (excluding diaryl/α,β-unsaturated/α-hetero) is 1. The van der Waals surface area contributed by atoms with Gasteiger partial charge in [0.1, 0.15) is 11.8 Å². The van der Waals surface area contributed by atoms with Crippen molar-refractivity contribution in [2.24, 2.45) is 11.8 Å². The Labute approximate surface area is 299 Å². The molecule has 2 aromatic carbocycles. The van der Waals surface area contributed by atoms with Crippen molar-refractivity contribution in [2.45, 2.75) is 77.1 Å². The number of hydrogen-bond acceptors (Lipinski definition) is 9. The third-order valence-electron chi connectivity index (χ3n) is 8.57. The zero-order chi connectivity index (χ0) is 36.6. The zero-order valence-corrected chi connectivity index (χ0v) is 31.2. The fourth-order valence-corrected chi connectivity index (χ4v) is 8.44. The Bertz CT molecular complexity index is 1700. The molecule has 1 fully saturated rings. The van der Waals surface area contributed by atoms with E-state index in [0.29, 0.717) is 36.0 Å². The van der Waals surface area contributed by atoms with Crippen molar-refractivity contribution in [3.05, 3.63) is 76.2 Å². The van der Waals surface area contributed by atoms with Crippen LogP contribution in [0.1, 0.15) is 62.1 Å². The predicted molar refractivity (Wildman–Crippen MR) is 193 cm³/mol. The lowest BCUT2D eigenvalue weighted by atomic mass is 9.97. The van der Waals surface area contributed by atoms with Crippen LogP contribution in [0, 0.1) is 11.8 Å². The lowest BCUT2D eigenvalue weighted by molar-refractivity contribution is -0.128. The van der Waals surface area contributed by atoms with Gasteiger partial charge in [-0.3, -0.25) is 9.59 Å². The number of ether oxygens (including phenoxy) is 1. The van der Waals surface area contributed by atoms with Crippen LogP contribution in [0.4, 0.5) is 4.79 Å². The average molecular weight is 728 g/mol. The molecule has 0 radical (unpaired) electrons. The molecule has 14 heteroatoms. The number of methoxy groups -OCH3 is 1. The molecule has 0 saturated carbocycles. The molecule has 3 atom stereocenters. The van der Waals surface area contributed by atoms with Crippen molar-refractivity contribution < 1.29 is 32.6 Å². The number of rotatable bonds is 18. The monoisotopic (exact) mass is 727 g/mol. The van der Waals surface area contributed by atoms with Gasteiger partial charge in [-0.25, -0.2) is 18.2 Å². The molecule has 0 unspecified atom stereocenters. The van der Waals surface area contributed by atoms with Crippen molar-refractivity contribution in [3.8, 4) is 5.75 Å². The molecule has 272 valence electrons. The zero-order valence-electron chi connectivity index (χ0n) is 29.6. The summed E-state index contributed by atoms with van der Waals surface area (Å²) in [4.78, 5) is 47.5. The molecule has 12 nitrogen and oxygen atoms in total. The molecule has 3 aromatic rings. The summed E-state index contributed by atoms with van der Waals surface area (Å²) in [6.45, 7) is 10.1. The van der Waals surface area contributed by atoms with Gasteiger partial charge in [0, 0.05) is 38.0 Å². The highest BCUT2D eigenvalue weighted by Gasteiger charge is 2.40. The molecule has 1 aliphatic heterocycles. The first kappa shape index (κ1) is 38.9. The van der Waals surface area contributed by atoms with Crippen molar-refractivity contribution in [1.29, 1.82) is 0 Å².